The SMILES string of the molecule is C[C@H](NC(=O)OC(C)(C)C)C(=O)N[C@H]1C(=O)Nc2cccc(F)c2OC12CCOCC2. The van der Waals surface area contributed by atoms with Gasteiger partial charge in [-0.05, 0) is 39.8 Å². The molecule has 1 fully saturated rings. The van der Waals surface area contributed by atoms with E-state index in [0.29, 0.717) is 0 Å². The number of alkyl carbamates (subject to hydrolysis) is 1. The molecule has 0 radical (unpaired) electrons. The first-order valence-corrected chi connectivity index (χ1v) is 10.2. The second-order valence-electron chi connectivity index (χ2n) is 8.69. The zero-order valence-corrected chi connectivity index (χ0v) is 18.0. The number of ether oxygens (including phenoxy) is 3. The molecule has 9 nitrogen and oxygen atoms in total. The van der Waals surface area contributed by atoms with Crippen LogP contribution in [-0.4, -0.2) is 54.4 Å². The van der Waals surface area contributed by atoms with E-state index in [1.165, 1.54) is 25.1 Å². The van der Waals surface area contributed by atoms with Crippen LogP contribution in [0.2, 0.25) is 0 Å². The van der Waals surface area contributed by atoms with Crippen LogP contribution < -0.4 is 20.7 Å². The Labute approximate surface area is 180 Å². The van der Waals surface area contributed by atoms with Gasteiger partial charge in [0.1, 0.15) is 23.3 Å². The average Bonchev–Trinajstić information content (AvgIpc) is 2.77. The van der Waals surface area contributed by atoms with Crippen LogP contribution in [0.3, 0.4) is 0 Å². The summed E-state index contributed by atoms with van der Waals surface area (Å²) >= 11 is 0. The summed E-state index contributed by atoms with van der Waals surface area (Å²) in [5.41, 5.74) is -1.73. The summed E-state index contributed by atoms with van der Waals surface area (Å²) in [5.74, 6) is -1.83. The van der Waals surface area contributed by atoms with Crippen LogP contribution in [0.1, 0.15) is 40.5 Å². The molecule has 0 aliphatic carbocycles. The predicted molar refractivity (Wildman–Crippen MR) is 109 cm³/mol. The normalized spacial score (nSPS) is 21.1. The lowest BCUT2D eigenvalue weighted by molar-refractivity contribution is -0.136. The van der Waals surface area contributed by atoms with E-state index in [1.807, 2.05) is 0 Å². The zero-order valence-electron chi connectivity index (χ0n) is 18.0. The molecule has 2 atom stereocenters. The topological polar surface area (TPSA) is 115 Å². The van der Waals surface area contributed by atoms with Gasteiger partial charge in [-0.3, -0.25) is 9.59 Å². The molecule has 3 rings (SSSR count). The molecule has 3 N–H and O–H groups in total. The highest BCUT2D eigenvalue weighted by Crippen LogP contribution is 2.39. The van der Waals surface area contributed by atoms with Crippen LogP contribution in [0.25, 0.3) is 0 Å². The van der Waals surface area contributed by atoms with Crippen LogP contribution in [0.5, 0.6) is 5.75 Å². The number of hydrogen-bond acceptors (Lipinski definition) is 6. The third kappa shape index (κ3) is 5.25. The molecule has 0 saturated carbocycles. The first-order chi connectivity index (χ1) is 14.5. The molecule has 0 bridgehead atoms. The molecule has 31 heavy (non-hydrogen) atoms. The molecular weight excluding hydrogens is 409 g/mol. The Kier molecular flexibility index (Phi) is 6.40. The van der Waals surface area contributed by atoms with Crippen LogP contribution >= 0.6 is 0 Å². The number of benzene rings is 1. The molecule has 2 aliphatic heterocycles. The van der Waals surface area contributed by atoms with E-state index in [1.54, 1.807) is 20.8 Å². The Balaban J connectivity index is 1.81. The van der Waals surface area contributed by atoms with Gasteiger partial charge in [0.2, 0.25) is 5.91 Å². The number of carbonyl (C=O) groups is 3. The van der Waals surface area contributed by atoms with Crippen LogP contribution in [0, 0.1) is 5.82 Å². The molecule has 1 spiro atoms. The van der Waals surface area contributed by atoms with E-state index < -0.39 is 47.0 Å². The van der Waals surface area contributed by atoms with E-state index in [9.17, 15) is 18.8 Å². The number of hydrogen-bond donors (Lipinski definition) is 3. The van der Waals surface area contributed by atoms with Gasteiger partial charge < -0.3 is 30.2 Å². The largest absolute Gasteiger partial charge is 0.479 e. The number of rotatable bonds is 3. The fourth-order valence-electron chi connectivity index (χ4n) is 3.54. The second kappa shape index (κ2) is 8.70. The summed E-state index contributed by atoms with van der Waals surface area (Å²) in [6.07, 6.45) is -0.216. The van der Waals surface area contributed by atoms with Gasteiger partial charge in [0.05, 0.1) is 18.9 Å². The standard InChI is InChI=1S/C21H28FN3O6/c1-12(23-19(28)31-20(2,3)4)17(26)25-16-18(27)24-14-7-5-6-13(22)15(14)30-21(16)8-10-29-11-9-21/h5-7,12,16H,8-11H2,1-4H3,(H,23,28)(H,24,27)(H,25,26)/t12-,16-/m0/s1. The summed E-state index contributed by atoms with van der Waals surface area (Å²) < 4.78 is 31.1. The maximum atomic E-state index is 14.5. The number of amides is 3. The summed E-state index contributed by atoms with van der Waals surface area (Å²) in [5, 5.41) is 7.74. The number of nitrogens with one attached hydrogen (secondary N) is 3. The van der Waals surface area contributed by atoms with Gasteiger partial charge in [-0.1, -0.05) is 6.07 Å². The summed E-state index contributed by atoms with van der Waals surface area (Å²) in [6, 6.07) is 2.12. The minimum Gasteiger partial charge on any atom is -0.479 e. The molecule has 170 valence electrons. The summed E-state index contributed by atoms with van der Waals surface area (Å²) in [6.45, 7) is 7.16. The van der Waals surface area contributed by atoms with Crippen molar-refractivity contribution in [2.45, 2.75) is 63.8 Å². The summed E-state index contributed by atoms with van der Waals surface area (Å²) in [4.78, 5) is 37.9. The molecular formula is C21H28FN3O6. The van der Waals surface area contributed by atoms with Crippen LogP contribution in [-0.2, 0) is 19.1 Å². The van der Waals surface area contributed by atoms with Crippen molar-refractivity contribution in [2.24, 2.45) is 0 Å². The van der Waals surface area contributed by atoms with Crippen LogP contribution in [0.15, 0.2) is 18.2 Å². The van der Waals surface area contributed by atoms with Crippen molar-refractivity contribution in [1.82, 2.24) is 10.6 Å². The van der Waals surface area contributed by atoms with Crippen molar-refractivity contribution in [1.29, 1.82) is 0 Å². The van der Waals surface area contributed by atoms with E-state index in [-0.39, 0.29) is 37.5 Å². The highest BCUT2D eigenvalue weighted by molar-refractivity contribution is 6.00. The molecule has 1 aromatic rings. The lowest BCUT2D eigenvalue weighted by Crippen LogP contribution is -2.64. The smallest absolute Gasteiger partial charge is 0.408 e. The lowest BCUT2D eigenvalue weighted by atomic mass is 9.85. The molecule has 3 amide bonds. The first-order valence-electron chi connectivity index (χ1n) is 10.2. The second-order valence-corrected chi connectivity index (χ2v) is 8.69. The third-order valence-corrected chi connectivity index (χ3v) is 5.07. The maximum Gasteiger partial charge on any atom is 0.408 e. The molecule has 1 saturated heterocycles. The minimum absolute atomic E-state index is 0.0746. The Morgan fingerprint density at radius 1 is 1.29 bits per heavy atom. The Bertz CT molecular complexity index is 863. The van der Waals surface area contributed by atoms with Crippen molar-refractivity contribution in [2.75, 3.05) is 18.5 Å². The Morgan fingerprint density at radius 3 is 2.61 bits per heavy atom. The first kappa shape index (κ1) is 22.8. The van der Waals surface area contributed by atoms with Gasteiger partial charge in [-0.2, -0.15) is 0 Å². The van der Waals surface area contributed by atoms with Gasteiger partial charge in [-0.15, -0.1) is 0 Å². The molecule has 1 aromatic carbocycles. The number of anilines is 1. The van der Waals surface area contributed by atoms with Gasteiger partial charge >= 0.3 is 6.09 Å². The van der Waals surface area contributed by atoms with Crippen molar-refractivity contribution in [3.63, 3.8) is 0 Å². The van der Waals surface area contributed by atoms with Crippen molar-refractivity contribution in [3.8, 4) is 5.75 Å². The van der Waals surface area contributed by atoms with E-state index in [4.69, 9.17) is 14.2 Å². The van der Waals surface area contributed by atoms with Crippen molar-refractivity contribution < 1.29 is 33.0 Å². The Morgan fingerprint density at radius 2 is 1.97 bits per heavy atom. The lowest BCUT2D eigenvalue weighted by Gasteiger charge is -2.41. The highest BCUT2D eigenvalue weighted by atomic mass is 19.1. The molecule has 2 heterocycles. The number of halogens is 1. The highest BCUT2D eigenvalue weighted by Gasteiger charge is 2.50. The van der Waals surface area contributed by atoms with E-state index in [2.05, 4.69) is 16.0 Å². The average molecular weight is 437 g/mol. The van der Waals surface area contributed by atoms with Gasteiger partial charge in [0.25, 0.3) is 5.91 Å². The van der Waals surface area contributed by atoms with E-state index in [0.717, 1.165) is 0 Å². The monoisotopic (exact) mass is 437 g/mol. The van der Waals surface area contributed by atoms with Crippen molar-refractivity contribution >= 4 is 23.6 Å². The minimum atomic E-state index is -1.20. The fourth-order valence-corrected chi connectivity index (χ4v) is 3.54. The van der Waals surface area contributed by atoms with Gasteiger partial charge in [0, 0.05) is 12.8 Å². The zero-order chi connectivity index (χ0) is 22.8. The molecule has 10 heteroatoms. The maximum absolute atomic E-state index is 14.5. The predicted octanol–water partition coefficient (Wildman–Crippen LogP) is 2.10. The van der Waals surface area contributed by atoms with Crippen LogP contribution in [0.4, 0.5) is 14.9 Å². The third-order valence-electron chi connectivity index (χ3n) is 5.07. The quantitative estimate of drug-likeness (QED) is 0.667. The molecule has 0 aromatic heterocycles. The number of fused-ring (bicyclic) bond motifs is 1. The van der Waals surface area contributed by atoms with Gasteiger partial charge in [0.15, 0.2) is 11.6 Å². The number of carbonyl (C=O) groups excluding carboxylic acids is 3. The molecule has 2 aliphatic rings. The number of para-hydroxylation sites is 1. The fraction of sp³-hybridized carbons (Fsp3) is 0.571. The molecule has 0 unspecified atom stereocenters. The van der Waals surface area contributed by atoms with E-state index >= 15 is 0 Å². The Hall–Kier alpha value is -2.88. The van der Waals surface area contributed by atoms with Gasteiger partial charge in [-0.25, -0.2) is 9.18 Å². The van der Waals surface area contributed by atoms with Crippen molar-refractivity contribution in [3.05, 3.63) is 24.0 Å². The summed E-state index contributed by atoms with van der Waals surface area (Å²) in [7, 11) is 0.